The number of nitrogens with zero attached hydrogens (tertiary/aromatic N) is 2. The van der Waals surface area contributed by atoms with Crippen LogP contribution in [0.4, 0.5) is 4.39 Å². The topological polar surface area (TPSA) is 29.9 Å². The third-order valence-corrected chi connectivity index (χ3v) is 3.22. The van der Waals surface area contributed by atoms with Crippen LogP contribution in [0.2, 0.25) is 5.02 Å². The average molecular weight is 268 g/mol. The van der Waals surface area contributed by atoms with Gasteiger partial charge in [0.1, 0.15) is 11.6 Å². The molecule has 1 aromatic heterocycles. The maximum Gasteiger partial charge on any atom is 0.142 e. The molecule has 2 rings (SSSR count). The Labute approximate surface area is 111 Å². The largest absolute Gasteiger partial charge is 0.334 e. The summed E-state index contributed by atoms with van der Waals surface area (Å²) in [4.78, 5) is 4.33. The summed E-state index contributed by atoms with van der Waals surface area (Å²) in [7, 11) is 1.83. The molecule has 0 spiro atoms. The first-order chi connectivity index (χ1) is 8.67. The van der Waals surface area contributed by atoms with Gasteiger partial charge in [-0.25, -0.2) is 9.37 Å². The van der Waals surface area contributed by atoms with Crippen molar-refractivity contribution in [3.8, 4) is 0 Å². The molecule has 1 heterocycles. The molecule has 0 bridgehead atoms. The predicted molar refractivity (Wildman–Crippen MR) is 70.2 cm³/mol. The predicted octanol–water partition coefficient (Wildman–Crippen LogP) is 3.00. The standard InChI is InChI=1S/C13H15ClFN3/c1-3-18-7-6-17-13(18)12(16-2)9-4-5-10(14)11(15)8-9/h4-8,12,16H,3H2,1-2H3. The van der Waals surface area contributed by atoms with Gasteiger partial charge in [-0.15, -0.1) is 0 Å². The highest BCUT2D eigenvalue weighted by Crippen LogP contribution is 2.24. The molecule has 18 heavy (non-hydrogen) atoms. The quantitative estimate of drug-likeness (QED) is 0.923. The van der Waals surface area contributed by atoms with Gasteiger partial charge in [0.2, 0.25) is 0 Å². The monoisotopic (exact) mass is 267 g/mol. The van der Waals surface area contributed by atoms with Crippen LogP contribution in [0.5, 0.6) is 0 Å². The number of hydrogen-bond acceptors (Lipinski definition) is 2. The minimum atomic E-state index is -0.413. The first-order valence-electron chi connectivity index (χ1n) is 5.80. The van der Waals surface area contributed by atoms with E-state index in [1.54, 1.807) is 18.3 Å². The van der Waals surface area contributed by atoms with Crippen LogP contribution < -0.4 is 5.32 Å². The molecule has 0 aliphatic carbocycles. The summed E-state index contributed by atoms with van der Waals surface area (Å²) in [5.41, 5.74) is 0.806. The van der Waals surface area contributed by atoms with E-state index < -0.39 is 5.82 Å². The molecule has 1 atom stereocenters. The summed E-state index contributed by atoms with van der Waals surface area (Å²) in [6.07, 6.45) is 3.65. The molecule has 0 aliphatic rings. The molecule has 0 radical (unpaired) electrons. The van der Waals surface area contributed by atoms with Crippen LogP contribution in [0.1, 0.15) is 24.4 Å². The minimum absolute atomic E-state index is 0.132. The van der Waals surface area contributed by atoms with E-state index in [9.17, 15) is 4.39 Å². The van der Waals surface area contributed by atoms with Crippen LogP contribution in [0, 0.1) is 5.82 Å². The molecule has 1 aromatic carbocycles. The molecule has 96 valence electrons. The van der Waals surface area contributed by atoms with Gasteiger partial charge in [-0.2, -0.15) is 0 Å². The fourth-order valence-corrected chi connectivity index (χ4v) is 2.10. The zero-order valence-corrected chi connectivity index (χ0v) is 11.1. The second-order valence-electron chi connectivity index (χ2n) is 3.97. The van der Waals surface area contributed by atoms with Gasteiger partial charge >= 0.3 is 0 Å². The number of benzene rings is 1. The highest BCUT2D eigenvalue weighted by Gasteiger charge is 2.18. The lowest BCUT2D eigenvalue weighted by atomic mass is 10.1. The first-order valence-corrected chi connectivity index (χ1v) is 6.18. The number of halogens is 2. The van der Waals surface area contributed by atoms with Crippen molar-refractivity contribution < 1.29 is 4.39 Å². The van der Waals surface area contributed by atoms with Crippen molar-refractivity contribution >= 4 is 11.6 Å². The number of aryl methyl sites for hydroxylation is 1. The highest BCUT2D eigenvalue weighted by atomic mass is 35.5. The summed E-state index contributed by atoms with van der Waals surface area (Å²) in [5, 5.41) is 3.28. The van der Waals surface area contributed by atoms with Crippen LogP contribution in [-0.2, 0) is 6.54 Å². The lowest BCUT2D eigenvalue weighted by Crippen LogP contribution is -2.22. The minimum Gasteiger partial charge on any atom is -0.334 e. The fraction of sp³-hybridized carbons (Fsp3) is 0.308. The molecule has 1 N–H and O–H groups in total. The Morgan fingerprint density at radius 1 is 1.50 bits per heavy atom. The Kier molecular flexibility index (Phi) is 3.99. The van der Waals surface area contributed by atoms with Crippen molar-refractivity contribution in [2.24, 2.45) is 0 Å². The van der Waals surface area contributed by atoms with E-state index in [4.69, 9.17) is 11.6 Å². The molecule has 2 aromatic rings. The van der Waals surface area contributed by atoms with E-state index in [0.29, 0.717) is 0 Å². The van der Waals surface area contributed by atoms with Gasteiger partial charge < -0.3 is 9.88 Å². The van der Waals surface area contributed by atoms with Crippen molar-refractivity contribution in [2.45, 2.75) is 19.5 Å². The number of rotatable bonds is 4. The number of nitrogens with one attached hydrogen (secondary N) is 1. The molecule has 5 heteroatoms. The Morgan fingerprint density at radius 3 is 2.89 bits per heavy atom. The van der Waals surface area contributed by atoms with Crippen molar-refractivity contribution in [3.05, 3.63) is 52.8 Å². The van der Waals surface area contributed by atoms with Gasteiger partial charge in [-0.1, -0.05) is 17.7 Å². The maximum absolute atomic E-state index is 13.5. The maximum atomic E-state index is 13.5. The summed E-state index contributed by atoms with van der Waals surface area (Å²) in [6.45, 7) is 2.87. The van der Waals surface area contributed by atoms with E-state index in [1.165, 1.54) is 6.07 Å². The second kappa shape index (κ2) is 5.50. The van der Waals surface area contributed by atoms with E-state index in [2.05, 4.69) is 10.3 Å². The van der Waals surface area contributed by atoms with Crippen LogP contribution in [0.3, 0.4) is 0 Å². The van der Waals surface area contributed by atoms with Gasteiger partial charge in [0.05, 0.1) is 11.1 Å². The van der Waals surface area contributed by atoms with E-state index in [-0.39, 0.29) is 11.1 Å². The molecule has 3 nitrogen and oxygen atoms in total. The third-order valence-electron chi connectivity index (χ3n) is 2.91. The van der Waals surface area contributed by atoms with Crippen LogP contribution in [0.25, 0.3) is 0 Å². The van der Waals surface area contributed by atoms with E-state index >= 15 is 0 Å². The molecule has 0 saturated carbocycles. The first kappa shape index (κ1) is 13.1. The zero-order chi connectivity index (χ0) is 13.1. The second-order valence-corrected chi connectivity index (χ2v) is 4.37. The smallest absolute Gasteiger partial charge is 0.142 e. The van der Waals surface area contributed by atoms with Gasteiger partial charge in [0.25, 0.3) is 0 Å². The van der Waals surface area contributed by atoms with Crippen molar-refractivity contribution in [1.29, 1.82) is 0 Å². The SMILES string of the molecule is CCn1ccnc1C(NC)c1ccc(Cl)c(F)c1. The Bertz CT molecular complexity index is 539. The van der Waals surface area contributed by atoms with Crippen LogP contribution in [-0.4, -0.2) is 16.6 Å². The summed E-state index contributed by atoms with van der Waals surface area (Å²) in [6, 6.07) is 4.67. The van der Waals surface area contributed by atoms with E-state index in [0.717, 1.165) is 17.9 Å². The Morgan fingerprint density at radius 2 is 2.28 bits per heavy atom. The van der Waals surface area contributed by atoms with Crippen molar-refractivity contribution in [3.63, 3.8) is 0 Å². The number of aromatic nitrogens is 2. The summed E-state index contributed by atoms with van der Waals surface area (Å²) >= 11 is 5.70. The lowest BCUT2D eigenvalue weighted by molar-refractivity contribution is 0.580. The summed E-state index contributed by atoms with van der Waals surface area (Å²) in [5.74, 6) is 0.450. The molecule has 0 saturated heterocycles. The van der Waals surface area contributed by atoms with E-state index in [1.807, 2.05) is 24.7 Å². The van der Waals surface area contributed by atoms with Crippen molar-refractivity contribution in [1.82, 2.24) is 14.9 Å². The average Bonchev–Trinajstić information content (AvgIpc) is 2.83. The molecule has 1 unspecified atom stereocenters. The van der Waals surface area contributed by atoms with Gasteiger partial charge in [0, 0.05) is 18.9 Å². The number of imidazole rings is 1. The molecular formula is C13H15ClFN3. The zero-order valence-electron chi connectivity index (χ0n) is 10.3. The van der Waals surface area contributed by atoms with Crippen LogP contribution >= 0.6 is 11.6 Å². The molecular weight excluding hydrogens is 253 g/mol. The van der Waals surface area contributed by atoms with Gasteiger partial charge in [0.15, 0.2) is 0 Å². The number of hydrogen-bond donors (Lipinski definition) is 1. The lowest BCUT2D eigenvalue weighted by Gasteiger charge is -2.17. The fourth-order valence-electron chi connectivity index (χ4n) is 1.99. The Hall–Kier alpha value is -1.39. The third kappa shape index (κ3) is 2.40. The highest BCUT2D eigenvalue weighted by molar-refractivity contribution is 6.30. The van der Waals surface area contributed by atoms with Gasteiger partial charge in [-0.05, 0) is 31.7 Å². The molecule has 0 amide bonds. The molecule has 0 aliphatic heterocycles. The van der Waals surface area contributed by atoms with Gasteiger partial charge in [-0.3, -0.25) is 0 Å². The normalized spacial score (nSPS) is 12.7. The summed E-state index contributed by atoms with van der Waals surface area (Å²) < 4.78 is 15.5. The van der Waals surface area contributed by atoms with Crippen molar-refractivity contribution in [2.75, 3.05) is 7.05 Å². The Balaban J connectivity index is 2.42. The molecule has 0 fully saturated rings. The van der Waals surface area contributed by atoms with Crippen LogP contribution in [0.15, 0.2) is 30.6 Å².